The number of carbonyl (C=O) groups excluding carboxylic acids is 1. The van der Waals surface area contributed by atoms with Gasteiger partial charge >= 0.3 is 6.09 Å². The first kappa shape index (κ1) is 22.8. The summed E-state index contributed by atoms with van der Waals surface area (Å²) in [6, 6.07) is 0. The molecule has 0 atom stereocenters. The van der Waals surface area contributed by atoms with Gasteiger partial charge in [0, 0.05) is 6.54 Å². The van der Waals surface area contributed by atoms with E-state index in [9.17, 15) is 4.79 Å². The van der Waals surface area contributed by atoms with Gasteiger partial charge in [-0.15, -0.1) is 0 Å². The summed E-state index contributed by atoms with van der Waals surface area (Å²) in [5.41, 5.74) is 0. The van der Waals surface area contributed by atoms with Gasteiger partial charge in [0.05, 0.1) is 6.61 Å². The second-order valence-corrected chi connectivity index (χ2v) is 21.9. The number of hydrogen-bond acceptors (Lipinski definition) is 5. The zero-order valence-electron chi connectivity index (χ0n) is 16.3. The molecule has 0 aromatic rings. The fourth-order valence-corrected chi connectivity index (χ4v) is 2.95. The molecule has 1 amide bonds. The zero-order chi connectivity index (χ0) is 18.3. The lowest BCUT2D eigenvalue weighted by Gasteiger charge is -2.28. The third kappa shape index (κ3) is 15.1. The molecule has 0 saturated carbocycles. The molecule has 23 heavy (non-hydrogen) atoms. The van der Waals surface area contributed by atoms with Crippen molar-refractivity contribution in [1.82, 2.24) is 4.90 Å². The van der Waals surface area contributed by atoms with Gasteiger partial charge in [-0.2, -0.15) is 0 Å². The summed E-state index contributed by atoms with van der Waals surface area (Å²) >= 11 is 0. The highest BCUT2D eigenvalue weighted by atomic mass is 28.4. The molecular weight excluding hydrogens is 346 g/mol. The minimum Gasteiger partial charge on any atom is -0.423 e. The van der Waals surface area contributed by atoms with Gasteiger partial charge in [0.25, 0.3) is 0 Å². The van der Waals surface area contributed by atoms with Crippen molar-refractivity contribution in [3.8, 4) is 0 Å². The van der Waals surface area contributed by atoms with E-state index >= 15 is 0 Å². The molecule has 9 heteroatoms. The van der Waals surface area contributed by atoms with Crippen LogP contribution in [0, 0.1) is 0 Å². The Bertz CT molecular complexity index is 361. The average Bonchev–Trinajstić information content (AvgIpc) is 2.28. The highest BCUT2D eigenvalue weighted by Gasteiger charge is 2.23. The standard InChI is InChI=1S/C14H35NO5Si3/c1-21(2,3)18-11-10-15(12-19-22(4,5)6)14(16)17-13-20-23(7,8)9/h10-13H2,1-9H3. The molecule has 0 aromatic carbocycles. The first-order chi connectivity index (χ1) is 10.2. The molecule has 0 heterocycles. The van der Waals surface area contributed by atoms with E-state index in [0.29, 0.717) is 13.2 Å². The number of amides is 1. The molecule has 0 bridgehead atoms. The van der Waals surface area contributed by atoms with E-state index in [1.165, 1.54) is 0 Å². The zero-order valence-corrected chi connectivity index (χ0v) is 19.3. The van der Waals surface area contributed by atoms with Crippen molar-refractivity contribution < 1.29 is 22.8 Å². The Balaban J connectivity index is 4.47. The van der Waals surface area contributed by atoms with Crippen LogP contribution in [0.15, 0.2) is 0 Å². The number of ether oxygens (including phenoxy) is 1. The molecule has 0 radical (unpaired) electrons. The van der Waals surface area contributed by atoms with Gasteiger partial charge in [-0.1, -0.05) is 0 Å². The van der Waals surface area contributed by atoms with Crippen LogP contribution in [-0.4, -0.2) is 62.6 Å². The summed E-state index contributed by atoms with van der Waals surface area (Å²) in [5, 5.41) is 0. The summed E-state index contributed by atoms with van der Waals surface area (Å²) in [5.74, 6) is 0. The van der Waals surface area contributed by atoms with Crippen LogP contribution < -0.4 is 0 Å². The Morgan fingerprint density at radius 1 is 0.783 bits per heavy atom. The van der Waals surface area contributed by atoms with Crippen molar-refractivity contribution >= 4 is 31.0 Å². The summed E-state index contributed by atoms with van der Waals surface area (Å²) in [7, 11) is -5.00. The quantitative estimate of drug-likeness (QED) is 0.424. The molecule has 0 rings (SSSR count). The van der Waals surface area contributed by atoms with Gasteiger partial charge < -0.3 is 18.0 Å². The average molecular weight is 382 g/mol. The Morgan fingerprint density at radius 2 is 1.26 bits per heavy atom. The van der Waals surface area contributed by atoms with Crippen molar-refractivity contribution in [3.05, 3.63) is 0 Å². The van der Waals surface area contributed by atoms with Crippen LogP contribution in [0.5, 0.6) is 0 Å². The minimum atomic E-state index is -1.71. The molecule has 0 spiro atoms. The van der Waals surface area contributed by atoms with Crippen LogP contribution in [0.4, 0.5) is 4.79 Å². The van der Waals surface area contributed by atoms with Crippen molar-refractivity contribution in [3.63, 3.8) is 0 Å². The van der Waals surface area contributed by atoms with E-state index < -0.39 is 31.0 Å². The Labute approximate surface area is 144 Å². The van der Waals surface area contributed by atoms with E-state index in [2.05, 4.69) is 58.9 Å². The van der Waals surface area contributed by atoms with E-state index in [4.69, 9.17) is 18.0 Å². The summed E-state index contributed by atoms with van der Waals surface area (Å²) in [6.45, 7) is 20.0. The highest BCUT2D eigenvalue weighted by molar-refractivity contribution is 6.70. The second kappa shape index (κ2) is 9.33. The fourth-order valence-electron chi connectivity index (χ4n) is 1.29. The third-order valence-corrected chi connectivity index (χ3v) is 5.53. The van der Waals surface area contributed by atoms with Crippen LogP contribution >= 0.6 is 0 Å². The molecule has 0 aromatic heterocycles. The molecule has 6 nitrogen and oxygen atoms in total. The van der Waals surface area contributed by atoms with Gasteiger partial charge in [-0.05, 0) is 58.9 Å². The fraction of sp³-hybridized carbons (Fsp3) is 0.929. The predicted octanol–water partition coefficient (Wildman–Crippen LogP) is 3.89. The van der Waals surface area contributed by atoms with Crippen molar-refractivity contribution in [2.75, 3.05) is 26.7 Å². The lowest BCUT2D eigenvalue weighted by molar-refractivity contribution is 0.0129. The van der Waals surface area contributed by atoms with Gasteiger partial charge in [0.15, 0.2) is 31.7 Å². The summed E-state index contributed by atoms with van der Waals surface area (Å²) in [6.07, 6.45) is -0.416. The molecule has 0 aliphatic carbocycles. The number of hydrogen-bond donors (Lipinski definition) is 0. The van der Waals surface area contributed by atoms with E-state index in [0.717, 1.165) is 0 Å². The van der Waals surface area contributed by atoms with Crippen LogP contribution in [0.1, 0.15) is 0 Å². The van der Waals surface area contributed by atoms with Gasteiger partial charge in [-0.3, -0.25) is 4.90 Å². The number of nitrogens with zero attached hydrogens (tertiary/aromatic N) is 1. The Hall–Kier alpha value is -0.199. The highest BCUT2D eigenvalue weighted by Crippen LogP contribution is 2.08. The molecule has 0 saturated heterocycles. The SMILES string of the molecule is C[Si](C)(C)OCCN(CO[Si](C)(C)C)C(=O)OCO[Si](C)(C)C. The predicted molar refractivity (Wildman–Crippen MR) is 101 cm³/mol. The lowest BCUT2D eigenvalue weighted by Crippen LogP contribution is -2.42. The van der Waals surface area contributed by atoms with Gasteiger partial charge in [0.1, 0.15) is 6.73 Å². The van der Waals surface area contributed by atoms with E-state index in [1.54, 1.807) is 4.90 Å². The lowest BCUT2D eigenvalue weighted by atomic mass is 10.6. The smallest absolute Gasteiger partial charge is 0.413 e. The first-order valence-electron chi connectivity index (χ1n) is 8.03. The maximum absolute atomic E-state index is 12.2. The van der Waals surface area contributed by atoms with Gasteiger partial charge in [0.2, 0.25) is 0 Å². The molecule has 0 fully saturated rings. The van der Waals surface area contributed by atoms with Gasteiger partial charge in [-0.25, -0.2) is 4.79 Å². The minimum absolute atomic E-state index is 0.00706. The van der Waals surface area contributed by atoms with Crippen LogP contribution in [0.3, 0.4) is 0 Å². The van der Waals surface area contributed by atoms with Crippen molar-refractivity contribution in [2.45, 2.75) is 58.9 Å². The molecular formula is C14H35NO5Si3. The van der Waals surface area contributed by atoms with Crippen LogP contribution in [-0.2, 0) is 18.0 Å². The maximum atomic E-state index is 12.2. The first-order valence-corrected chi connectivity index (χ1v) is 18.3. The second-order valence-electron chi connectivity index (χ2n) is 8.39. The topological polar surface area (TPSA) is 57.2 Å². The normalized spacial score (nSPS) is 13.1. The monoisotopic (exact) mass is 381 g/mol. The Kier molecular flexibility index (Phi) is 9.25. The molecule has 0 unspecified atom stereocenters. The summed E-state index contributed by atoms with van der Waals surface area (Å²) < 4.78 is 22.4. The van der Waals surface area contributed by atoms with E-state index in [-0.39, 0.29) is 13.5 Å². The molecule has 0 N–H and O–H groups in total. The van der Waals surface area contributed by atoms with Crippen molar-refractivity contribution in [2.24, 2.45) is 0 Å². The molecule has 138 valence electrons. The maximum Gasteiger partial charge on any atom is 0.413 e. The Morgan fingerprint density at radius 3 is 1.70 bits per heavy atom. The third-order valence-electron chi connectivity index (χ3n) is 2.48. The van der Waals surface area contributed by atoms with Crippen molar-refractivity contribution in [1.29, 1.82) is 0 Å². The van der Waals surface area contributed by atoms with Crippen LogP contribution in [0.25, 0.3) is 0 Å². The molecule has 0 aliphatic heterocycles. The largest absolute Gasteiger partial charge is 0.423 e. The number of rotatable bonds is 10. The molecule has 0 aliphatic rings. The van der Waals surface area contributed by atoms with E-state index in [1.807, 2.05) is 0 Å². The summed E-state index contributed by atoms with van der Waals surface area (Å²) in [4.78, 5) is 13.8. The van der Waals surface area contributed by atoms with Crippen LogP contribution in [0.2, 0.25) is 58.9 Å². The number of carbonyl (C=O) groups is 1.